The zero-order valence-corrected chi connectivity index (χ0v) is 9.78. The van der Waals surface area contributed by atoms with Gasteiger partial charge < -0.3 is 5.73 Å². The Morgan fingerprint density at radius 3 is 3.06 bits per heavy atom. The summed E-state index contributed by atoms with van der Waals surface area (Å²) in [6, 6.07) is 7.60. The Labute approximate surface area is 100 Å². The second-order valence-electron chi connectivity index (χ2n) is 4.16. The van der Waals surface area contributed by atoms with E-state index in [1.54, 1.807) is 0 Å². The van der Waals surface area contributed by atoms with E-state index in [1.165, 1.54) is 0 Å². The highest BCUT2D eigenvalue weighted by atomic mass is 35.5. The van der Waals surface area contributed by atoms with Gasteiger partial charge in [0, 0.05) is 11.6 Å². The number of carbonyl (C=O) groups excluding carboxylic acids is 1. The Balaban J connectivity index is 2.06. The molecule has 0 bridgehead atoms. The first-order valence-electron chi connectivity index (χ1n) is 5.44. The molecule has 0 radical (unpaired) electrons. The van der Waals surface area contributed by atoms with Gasteiger partial charge in [0.15, 0.2) is 0 Å². The molecule has 3 nitrogen and oxygen atoms in total. The molecule has 1 saturated heterocycles. The number of primary amides is 1. The van der Waals surface area contributed by atoms with Crippen molar-refractivity contribution < 1.29 is 4.79 Å². The van der Waals surface area contributed by atoms with E-state index in [9.17, 15) is 4.79 Å². The molecule has 4 heteroatoms. The van der Waals surface area contributed by atoms with E-state index in [0.29, 0.717) is 0 Å². The monoisotopic (exact) mass is 238 g/mol. The van der Waals surface area contributed by atoms with Crippen LogP contribution in [-0.2, 0) is 11.3 Å². The number of halogens is 1. The summed E-state index contributed by atoms with van der Waals surface area (Å²) >= 11 is 5.92. The minimum atomic E-state index is -0.223. The molecule has 0 saturated carbocycles. The van der Waals surface area contributed by atoms with Gasteiger partial charge in [-0.15, -0.1) is 0 Å². The zero-order chi connectivity index (χ0) is 11.5. The van der Waals surface area contributed by atoms with Gasteiger partial charge in [-0.2, -0.15) is 0 Å². The highest BCUT2D eigenvalue weighted by Crippen LogP contribution is 2.21. The second-order valence-corrected chi connectivity index (χ2v) is 4.60. The molecule has 1 fully saturated rings. The molecule has 2 N–H and O–H groups in total. The van der Waals surface area contributed by atoms with Crippen LogP contribution in [0, 0.1) is 0 Å². The number of hydrogen-bond acceptors (Lipinski definition) is 2. The molecule has 1 atom stereocenters. The molecule has 1 amide bonds. The second kappa shape index (κ2) is 4.85. The molecule has 0 unspecified atom stereocenters. The summed E-state index contributed by atoms with van der Waals surface area (Å²) in [5.74, 6) is -0.223. The SMILES string of the molecule is NC(=O)[C@H]1CCCN1Cc1cccc(Cl)c1. The van der Waals surface area contributed by atoms with Gasteiger partial charge in [-0.3, -0.25) is 9.69 Å². The van der Waals surface area contributed by atoms with Gasteiger partial charge >= 0.3 is 0 Å². The average Bonchev–Trinajstić information content (AvgIpc) is 2.66. The molecule has 16 heavy (non-hydrogen) atoms. The third-order valence-corrected chi connectivity index (χ3v) is 3.20. The Morgan fingerprint density at radius 2 is 2.38 bits per heavy atom. The first-order valence-corrected chi connectivity index (χ1v) is 5.82. The fourth-order valence-electron chi connectivity index (χ4n) is 2.21. The molecule has 0 aliphatic carbocycles. The van der Waals surface area contributed by atoms with Crippen molar-refractivity contribution in [3.05, 3.63) is 34.9 Å². The highest BCUT2D eigenvalue weighted by Gasteiger charge is 2.28. The van der Waals surface area contributed by atoms with Crippen molar-refractivity contribution in [3.63, 3.8) is 0 Å². The van der Waals surface area contributed by atoms with Crippen LogP contribution in [0.2, 0.25) is 5.02 Å². The number of rotatable bonds is 3. The molecule has 1 aliphatic heterocycles. The number of amides is 1. The van der Waals surface area contributed by atoms with E-state index in [-0.39, 0.29) is 11.9 Å². The van der Waals surface area contributed by atoms with Gasteiger partial charge in [0.25, 0.3) is 0 Å². The summed E-state index contributed by atoms with van der Waals surface area (Å²) in [5, 5.41) is 0.729. The molecule has 1 aliphatic rings. The minimum absolute atomic E-state index is 0.112. The quantitative estimate of drug-likeness (QED) is 0.873. The third-order valence-electron chi connectivity index (χ3n) is 2.97. The van der Waals surface area contributed by atoms with Gasteiger partial charge in [0.2, 0.25) is 5.91 Å². The molecule has 1 heterocycles. The van der Waals surface area contributed by atoms with Crippen LogP contribution in [-0.4, -0.2) is 23.4 Å². The number of nitrogens with zero attached hydrogens (tertiary/aromatic N) is 1. The van der Waals surface area contributed by atoms with Crippen LogP contribution in [0.5, 0.6) is 0 Å². The Bertz CT molecular complexity index is 394. The van der Waals surface area contributed by atoms with E-state index in [2.05, 4.69) is 4.90 Å². The van der Waals surface area contributed by atoms with Crippen molar-refractivity contribution in [2.24, 2.45) is 5.73 Å². The van der Waals surface area contributed by atoms with Crippen LogP contribution >= 0.6 is 11.6 Å². The van der Waals surface area contributed by atoms with Crippen LogP contribution in [0.3, 0.4) is 0 Å². The van der Waals surface area contributed by atoms with Gasteiger partial charge in [0.05, 0.1) is 6.04 Å². The molecular formula is C12H15ClN2O. The largest absolute Gasteiger partial charge is 0.368 e. The smallest absolute Gasteiger partial charge is 0.234 e. The number of hydrogen-bond donors (Lipinski definition) is 1. The number of likely N-dealkylation sites (tertiary alicyclic amines) is 1. The lowest BCUT2D eigenvalue weighted by molar-refractivity contribution is -0.122. The number of benzene rings is 1. The van der Waals surface area contributed by atoms with Crippen molar-refractivity contribution in [1.29, 1.82) is 0 Å². The Hall–Kier alpha value is -1.06. The molecule has 0 spiro atoms. The number of carbonyl (C=O) groups is 1. The van der Waals surface area contributed by atoms with Gasteiger partial charge in [-0.25, -0.2) is 0 Å². The highest BCUT2D eigenvalue weighted by molar-refractivity contribution is 6.30. The predicted molar refractivity (Wildman–Crippen MR) is 64.1 cm³/mol. The topological polar surface area (TPSA) is 46.3 Å². The minimum Gasteiger partial charge on any atom is -0.368 e. The maximum absolute atomic E-state index is 11.2. The molecule has 1 aromatic rings. The Morgan fingerprint density at radius 1 is 1.56 bits per heavy atom. The van der Waals surface area contributed by atoms with Gasteiger partial charge in [0.1, 0.15) is 0 Å². The summed E-state index contributed by atoms with van der Waals surface area (Å²) in [7, 11) is 0. The lowest BCUT2D eigenvalue weighted by Crippen LogP contribution is -2.39. The maximum atomic E-state index is 11.2. The van der Waals surface area contributed by atoms with Crippen molar-refractivity contribution in [2.45, 2.75) is 25.4 Å². The van der Waals surface area contributed by atoms with E-state index in [1.807, 2.05) is 24.3 Å². The molecule has 86 valence electrons. The average molecular weight is 239 g/mol. The molecule has 1 aromatic carbocycles. The fraction of sp³-hybridized carbons (Fsp3) is 0.417. The third kappa shape index (κ3) is 2.54. The Kier molecular flexibility index (Phi) is 3.46. The van der Waals surface area contributed by atoms with Crippen molar-refractivity contribution in [1.82, 2.24) is 4.90 Å². The summed E-state index contributed by atoms with van der Waals surface area (Å²) in [6.45, 7) is 1.67. The van der Waals surface area contributed by atoms with Crippen molar-refractivity contribution in [2.75, 3.05) is 6.54 Å². The molecule has 2 rings (SSSR count). The first-order chi connectivity index (χ1) is 7.66. The van der Waals surface area contributed by atoms with Crippen LogP contribution in [0.1, 0.15) is 18.4 Å². The maximum Gasteiger partial charge on any atom is 0.234 e. The van der Waals surface area contributed by atoms with Crippen LogP contribution in [0.25, 0.3) is 0 Å². The normalized spacial score (nSPS) is 21.2. The molecule has 0 aromatic heterocycles. The number of nitrogens with two attached hydrogens (primary N) is 1. The predicted octanol–water partition coefficient (Wildman–Crippen LogP) is 1.79. The van der Waals surface area contributed by atoms with E-state index in [0.717, 1.165) is 36.5 Å². The standard InChI is InChI=1S/C12H15ClN2O/c13-10-4-1-3-9(7-10)8-15-6-2-5-11(15)12(14)16/h1,3-4,7,11H,2,5-6,8H2,(H2,14,16)/t11-/m1/s1. The fourth-order valence-corrected chi connectivity index (χ4v) is 2.42. The lowest BCUT2D eigenvalue weighted by atomic mass is 10.2. The van der Waals surface area contributed by atoms with E-state index in [4.69, 9.17) is 17.3 Å². The van der Waals surface area contributed by atoms with Crippen molar-refractivity contribution >= 4 is 17.5 Å². The van der Waals surface area contributed by atoms with Gasteiger partial charge in [-0.1, -0.05) is 23.7 Å². The molecular weight excluding hydrogens is 224 g/mol. The van der Waals surface area contributed by atoms with Crippen LogP contribution in [0.4, 0.5) is 0 Å². The van der Waals surface area contributed by atoms with E-state index >= 15 is 0 Å². The van der Waals surface area contributed by atoms with Crippen LogP contribution < -0.4 is 5.73 Å². The van der Waals surface area contributed by atoms with Crippen LogP contribution in [0.15, 0.2) is 24.3 Å². The first kappa shape index (κ1) is 11.4. The summed E-state index contributed by atoms with van der Waals surface area (Å²) in [5.41, 5.74) is 6.49. The summed E-state index contributed by atoms with van der Waals surface area (Å²) in [4.78, 5) is 13.3. The van der Waals surface area contributed by atoms with Gasteiger partial charge in [-0.05, 0) is 37.1 Å². The zero-order valence-electron chi connectivity index (χ0n) is 9.03. The van der Waals surface area contributed by atoms with Crippen molar-refractivity contribution in [3.8, 4) is 0 Å². The summed E-state index contributed by atoms with van der Waals surface area (Å²) < 4.78 is 0. The van der Waals surface area contributed by atoms with E-state index < -0.39 is 0 Å². The summed E-state index contributed by atoms with van der Waals surface area (Å²) in [6.07, 6.45) is 1.91. The lowest BCUT2D eigenvalue weighted by Gasteiger charge is -2.21.